The average Bonchev–Trinajstić information content (AvgIpc) is 3.36. The molecule has 0 saturated carbocycles. The van der Waals surface area contributed by atoms with Crippen LogP contribution in [-0.4, -0.2) is 57.5 Å². The van der Waals surface area contributed by atoms with Crippen molar-refractivity contribution < 1.29 is 9.18 Å². The number of hydrogen-bond donors (Lipinski definition) is 0. The summed E-state index contributed by atoms with van der Waals surface area (Å²) in [4.78, 5) is 16.7. The second-order valence-corrected chi connectivity index (χ2v) is 9.68. The van der Waals surface area contributed by atoms with E-state index < -0.39 is 0 Å². The van der Waals surface area contributed by atoms with Gasteiger partial charge in [0.2, 0.25) is 5.91 Å². The first-order valence-electron chi connectivity index (χ1n) is 12.2. The van der Waals surface area contributed by atoms with E-state index in [-0.39, 0.29) is 11.7 Å². The Morgan fingerprint density at radius 3 is 2.22 bits per heavy atom. The average molecular weight is 502 g/mol. The molecule has 8 heteroatoms. The van der Waals surface area contributed by atoms with E-state index in [4.69, 9.17) is 0 Å². The number of para-hydroxylation sites is 2. The maximum atomic E-state index is 14.1. The zero-order valence-electron chi connectivity index (χ0n) is 20.0. The van der Waals surface area contributed by atoms with Crippen molar-refractivity contribution >= 4 is 23.4 Å². The second-order valence-electron chi connectivity index (χ2n) is 8.61. The lowest BCUT2D eigenvalue weighted by atomic mass is 10.2. The van der Waals surface area contributed by atoms with Crippen molar-refractivity contribution in [1.29, 1.82) is 0 Å². The van der Waals surface area contributed by atoms with Crippen LogP contribution in [-0.2, 0) is 4.79 Å². The number of carbonyl (C=O) groups excluding carboxylic acids is 1. The van der Waals surface area contributed by atoms with E-state index in [9.17, 15) is 9.18 Å². The van der Waals surface area contributed by atoms with Crippen molar-refractivity contribution in [2.45, 2.75) is 18.0 Å². The molecular formula is C28H28FN5OS. The van der Waals surface area contributed by atoms with Crippen LogP contribution in [0.5, 0.6) is 0 Å². The molecule has 0 N–H and O–H groups in total. The molecule has 0 bridgehead atoms. The van der Waals surface area contributed by atoms with Crippen LogP contribution < -0.4 is 4.90 Å². The molecule has 0 atom stereocenters. The third-order valence-electron chi connectivity index (χ3n) is 6.27. The Morgan fingerprint density at radius 2 is 1.50 bits per heavy atom. The molecule has 1 fully saturated rings. The van der Waals surface area contributed by atoms with Gasteiger partial charge in [-0.05, 0) is 30.7 Å². The van der Waals surface area contributed by atoms with Gasteiger partial charge in [0, 0.05) is 49.6 Å². The molecule has 1 aromatic heterocycles. The molecule has 4 aromatic rings. The Hall–Kier alpha value is -3.65. The van der Waals surface area contributed by atoms with Gasteiger partial charge in [-0.25, -0.2) is 4.39 Å². The van der Waals surface area contributed by atoms with Crippen LogP contribution in [0.4, 0.5) is 10.1 Å². The van der Waals surface area contributed by atoms with Gasteiger partial charge >= 0.3 is 0 Å². The lowest BCUT2D eigenvalue weighted by molar-refractivity contribution is -0.131. The first-order chi connectivity index (χ1) is 17.7. The van der Waals surface area contributed by atoms with Gasteiger partial charge in [-0.2, -0.15) is 0 Å². The van der Waals surface area contributed by atoms with Crippen molar-refractivity contribution in [3.8, 4) is 17.1 Å². The molecule has 2 heterocycles. The van der Waals surface area contributed by atoms with E-state index in [0.29, 0.717) is 38.3 Å². The van der Waals surface area contributed by atoms with Gasteiger partial charge in [0.05, 0.1) is 5.69 Å². The molecule has 0 unspecified atom stereocenters. The van der Waals surface area contributed by atoms with Crippen LogP contribution in [0.25, 0.3) is 17.1 Å². The van der Waals surface area contributed by atoms with Crippen molar-refractivity contribution in [1.82, 2.24) is 19.7 Å². The lowest BCUT2D eigenvalue weighted by Crippen LogP contribution is -2.49. The largest absolute Gasteiger partial charge is 0.366 e. The molecule has 1 saturated heterocycles. The van der Waals surface area contributed by atoms with Gasteiger partial charge in [0.1, 0.15) is 5.82 Å². The SMILES string of the molecule is O=C(CCCSc1nnc(-c2ccccc2)n1-c1ccccc1)N1CCN(c2ccccc2F)CC1. The number of halogens is 1. The molecule has 0 aliphatic carbocycles. The summed E-state index contributed by atoms with van der Waals surface area (Å²) in [6.07, 6.45) is 1.23. The van der Waals surface area contributed by atoms with Crippen molar-refractivity contribution in [2.24, 2.45) is 0 Å². The number of benzene rings is 3. The number of anilines is 1. The predicted molar refractivity (Wildman–Crippen MR) is 142 cm³/mol. The van der Waals surface area contributed by atoms with E-state index in [1.54, 1.807) is 23.9 Å². The normalized spacial score (nSPS) is 13.7. The molecule has 36 heavy (non-hydrogen) atoms. The monoisotopic (exact) mass is 501 g/mol. The minimum atomic E-state index is -0.215. The van der Waals surface area contributed by atoms with Crippen molar-refractivity contribution in [2.75, 3.05) is 36.8 Å². The van der Waals surface area contributed by atoms with Crippen molar-refractivity contribution in [3.05, 3.63) is 90.7 Å². The van der Waals surface area contributed by atoms with E-state index in [0.717, 1.165) is 34.4 Å². The summed E-state index contributed by atoms with van der Waals surface area (Å²) in [7, 11) is 0. The fourth-order valence-corrected chi connectivity index (χ4v) is 5.29. The molecule has 1 aliphatic rings. The minimum absolute atomic E-state index is 0.151. The lowest BCUT2D eigenvalue weighted by Gasteiger charge is -2.36. The number of aromatic nitrogens is 3. The summed E-state index contributed by atoms with van der Waals surface area (Å²) in [5.41, 5.74) is 2.62. The van der Waals surface area contributed by atoms with Gasteiger partial charge < -0.3 is 9.80 Å². The third kappa shape index (κ3) is 5.44. The summed E-state index contributed by atoms with van der Waals surface area (Å²) < 4.78 is 16.1. The summed E-state index contributed by atoms with van der Waals surface area (Å²) in [6.45, 7) is 2.51. The standard InChI is InChI=1S/C28H28FN5OS/c29-24-14-7-8-15-25(24)32-17-19-33(20-18-32)26(35)16-9-21-36-28-31-30-27(22-10-3-1-4-11-22)34(28)23-12-5-2-6-13-23/h1-8,10-15H,9,16-21H2. The molecule has 3 aromatic carbocycles. The first-order valence-corrected chi connectivity index (χ1v) is 13.2. The van der Waals surface area contributed by atoms with Gasteiger partial charge in [-0.15, -0.1) is 10.2 Å². The first kappa shape index (κ1) is 24.1. The number of carbonyl (C=O) groups is 1. The van der Waals surface area contributed by atoms with Crippen LogP contribution in [0, 0.1) is 5.82 Å². The Balaban J connectivity index is 1.16. The number of nitrogens with zero attached hydrogens (tertiary/aromatic N) is 5. The Morgan fingerprint density at radius 1 is 0.833 bits per heavy atom. The number of piperazine rings is 1. The summed E-state index contributed by atoms with van der Waals surface area (Å²) in [5, 5.41) is 9.75. The maximum Gasteiger partial charge on any atom is 0.222 e. The van der Waals surface area contributed by atoms with Crippen LogP contribution in [0.1, 0.15) is 12.8 Å². The molecule has 1 aliphatic heterocycles. The molecular weight excluding hydrogens is 473 g/mol. The number of amides is 1. The van der Waals surface area contributed by atoms with Crippen LogP contribution >= 0.6 is 11.8 Å². The van der Waals surface area contributed by atoms with Gasteiger partial charge in [-0.3, -0.25) is 9.36 Å². The molecule has 6 nitrogen and oxygen atoms in total. The predicted octanol–water partition coefficient (Wildman–Crippen LogP) is 5.29. The number of thioether (sulfide) groups is 1. The zero-order valence-corrected chi connectivity index (χ0v) is 20.8. The zero-order chi connectivity index (χ0) is 24.7. The third-order valence-corrected chi connectivity index (χ3v) is 7.29. The van der Waals surface area contributed by atoms with Crippen LogP contribution in [0.15, 0.2) is 90.1 Å². The highest BCUT2D eigenvalue weighted by Crippen LogP contribution is 2.28. The smallest absolute Gasteiger partial charge is 0.222 e. The number of hydrogen-bond acceptors (Lipinski definition) is 5. The fourth-order valence-electron chi connectivity index (χ4n) is 4.40. The van der Waals surface area contributed by atoms with E-state index in [2.05, 4.69) is 14.8 Å². The second kappa shape index (κ2) is 11.4. The number of rotatable bonds is 8. The summed E-state index contributed by atoms with van der Waals surface area (Å²) >= 11 is 1.61. The molecule has 184 valence electrons. The Labute approximate surface area is 214 Å². The highest BCUT2D eigenvalue weighted by atomic mass is 32.2. The quantitative estimate of drug-likeness (QED) is 0.242. The van der Waals surface area contributed by atoms with E-state index in [1.807, 2.05) is 76.5 Å². The summed E-state index contributed by atoms with van der Waals surface area (Å²) in [5.74, 6) is 1.50. The molecule has 0 radical (unpaired) electrons. The highest BCUT2D eigenvalue weighted by Gasteiger charge is 2.22. The van der Waals surface area contributed by atoms with Crippen LogP contribution in [0.2, 0.25) is 0 Å². The minimum Gasteiger partial charge on any atom is -0.366 e. The van der Waals surface area contributed by atoms with Gasteiger partial charge in [0.15, 0.2) is 11.0 Å². The maximum absolute atomic E-state index is 14.1. The molecule has 1 amide bonds. The van der Waals surface area contributed by atoms with E-state index in [1.165, 1.54) is 6.07 Å². The fraction of sp³-hybridized carbons (Fsp3) is 0.250. The van der Waals surface area contributed by atoms with Gasteiger partial charge in [-0.1, -0.05) is 72.4 Å². The Kier molecular flexibility index (Phi) is 7.61. The van der Waals surface area contributed by atoms with Gasteiger partial charge in [0.25, 0.3) is 0 Å². The topological polar surface area (TPSA) is 54.3 Å². The molecule has 5 rings (SSSR count). The summed E-state index contributed by atoms with van der Waals surface area (Å²) in [6, 6.07) is 26.9. The van der Waals surface area contributed by atoms with Crippen molar-refractivity contribution in [3.63, 3.8) is 0 Å². The molecule has 0 spiro atoms. The van der Waals surface area contributed by atoms with E-state index >= 15 is 0 Å². The Bertz CT molecular complexity index is 1290. The highest BCUT2D eigenvalue weighted by molar-refractivity contribution is 7.99. The van der Waals surface area contributed by atoms with Crippen LogP contribution in [0.3, 0.4) is 0 Å².